The number of halogens is 1. The number of H-pyrrole nitrogens is 1. The molecule has 3 fully saturated rings. The highest BCUT2D eigenvalue weighted by atomic mass is 19.1. The fourth-order valence-corrected chi connectivity index (χ4v) is 6.34. The molecule has 7 heteroatoms. The first-order valence-corrected chi connectivity index (χ1v) is 13.6. The average molecular weight is 490 g/mol. The van der Waals surface area contributed by atoms with E-state index >= 15 is 0 Å². The van der Waals surface area contributed by atoms with Gasteiger partial charge in [0.25, 0.3) is 0 Å². The molecule has 0 saturated carbocycles. The minimum absolute atomic E-state index is 0.100. The van der Waals surface area contributed by atoms with Crippen molar-refractivity contribution in [3.8, 4) is 11.4 Å². The molecule has 1 N–H and O–H groups in total. The summed E-state index contributed by atoms with van der Waals surface area (Å²) in [5.41, 5.74) is 4.35. The van der Waals surface area contributed by atoms with Gasteiger partial charge in [-0.05, 0) is 94.4 Å². The van der Waals surface area contributed by atoms with Gasteiger partial charge < -0.3 is 19.7 Å². The lowest BCUT2D eigenvalue weighted by atomic mass is 9.93. The van der Waals surface area contributed by atoms with E-state index in [-0.39, 0.29) is 11.7 Å². The number of aryl methyl sites for hydroxylation is 1. The average Bonchev–Trinajstić information content (AvgIpc) is 3.59. The molecule has 0 unspecified atom stereocenters. The first-order valence-electron chi connectivity index (χ1n) is 13.6. The van der Waals surface area contributed by atoms with Crippen molar-refractivity contribution in [3.63, 3.8) is 0 Å². The second-order valence-corrected chi connectivity index (χ2v) is 10.8. The highest BCUT2D eigenvalue weighted by Crippen LogP contribution is 2.31. The van der Waals surface area contributed by atoms with E-state index in [9.17, 15) is 9.18 Å². The van der Waals surface area contributed by atoms with E-state index < -0.39 is 0 Å². The molecule has 3 saturated heterocycles. The van der Waals surface area contributed by atoms with Crippen LogP contribution in [0.25, 0.3) is 22.4 Å². The zero-order valence-corrected chi connectivity index (χ0v) is 21.2. The van der Waals surface area contributed by atoms with Crippen molar-refractivity contribution < 1.29 is 9.18 Å². The van der Waals surface area contributed by atoms with Crippen LogP contribution in [0, 0.1) is 18.7 Å². The van der Waals surface area contributed by atoms with Gasteiger partial charge in [0.05, 0.1) is 16.6 Å². The molecule has 0 bridgehead atoms. The zero-order valence-electron chi connectivity index (χ0n) is 21.2. The topological polar surface area (TPSA) is 55.5 Å². The van der Waals surface area contributed by atoms with Crippen LogP contribution in [-0.4, -0.2) is 71.0 Å². The lowest BCUT2D eigenvalue weighted by Crippen LogP contribution is -2.49. The molecule has 6 nitrogen and oxygen atoms in total. The predicted molar refractivity (Wildman–Crippen MR) is 142 cm³/mol. The van der Waals surface area contributed by atoms with E-state index in [1.54, 1.807) is 0 Å². The summed E-state index contributed by atoms with van der Waals surface area (Å²) in [6.07, 6.45) is 6.58. The van der Waals surface area contributed by atoms with Crippen molar-refractivity contribution in [2.75, 3.05) is 44.2 Å². The van der Waals surface area contributed by atoms with Crippen molar-refractivity contribution in [1.82, 2.24) is 19.8 Å². The van der Waals surface area contributed by atoms with Crippen molar-refractivity contribution in [2.45, 2.75) is 51.5 Å². The quantitative estimate of drug-likeness (QED) is 0.562. The van der Waals surface area contributed by atoms with E-state index in [0.717, 1.165) is 74.1 Å². The van der Waals surface area contributed by atoms with Crippen LogP contribution in [-0.2, 0) is 4.79 Å². The molecule has 3 aliphatic rings. The predicted octanol–water partition coefficient (Wildman–Crippen LogP) is 4.98. The molecular formula is C29H36FN5O. The number of hydrogen-bond donors (Lipinski definition) is 1. The van der Waals surface area contributed by atoms with Gasteiger partial charge >= 0.3 is 0 Å². The van der Waals surface area contributed by atoms with Crippen molar-refractivity contribution in [2.24, 2.45) is 5.92 Å². The largest absolute Gasteiger partial charge is 0.371 e. The second kappa shape index (κ2) is 9.85. The maximum absolute atomic E-state index is 14.8. The van der Waals surface area contributed by atoms with Crippen molar-refractivity contribution >= 4 is 22.6 Å². The molecule has 3 aliphatic heterocycles. The number of nitrogens with one attached hydrogen (secondary N) is 1. The number of imidazole rings is 1. The molecule has 0 atom stereocenters. The first-order chi connectivity index (χ1) is 17.5. The fourth-order valence-electron chi connectivity index (χ4n) is 6.34. The summed E-state index contributed by atoms with van der Waals surface area (Å²) in [5.74, 6) is 0.712. The summed E-state index contributed by atoms with van der Waals surface area (Å²) in [4.78, 5) is 28.2. The summed E-state index contributed by atoms with van der Waals surface area (Å²) >= 11 is 0. The van der Waals surface area contributed by atoms with Gasteiger partial charge in [-0.2, -0.15) is 0 Å². The number of hydrogen-bond acceptors (Lipinski definition) is 4. The number of carbonyl (C=O) groups excluding carboxylic acids is 1. The summed E-state index contributed by atoms with van der Waals surface area (Å²) in [6, 6.07) is 12.0. The Bertz CT molecular complexity index is 1230. The lowest BCUT2D eigenvalue weighted by Gasteiger charge is -2.40. The molecule has 36 heavy (non-hydrogen) atoms. The molecule has 0 radical (unpaired) electrons. The van der Waals surface area contributed by atoms with Gasteiger partial charge in [0.2, 0.25) is 5.91 Å². The number of likely N-dealkylation sites (tertiary alicyclic amines) is 2. The summed E-state index contributed by atoms with van der Waals surface area (Å²) in [7, 11) is 0. The van der Waals surface area contributed by atoms with Crippen molar-refractivity contribution in [1.29, 1.82) is 0 Å². The second-order valence-electron chi connectivity index (χ2n) is 10.8. The highest BCUT2D eigenvalue weighted by molar-refractivity contribution is 5.81. The summed E-state index contributed by atoms with van der Waals surface area (Å²) < 4.78 is 14.8. The van der Waals surface area contributed by atoms with Crippen LogP contribution in [0.4, 0.5) is 10.1 Å². The smallest absolute Gasteiger partial charge is 0.225 e. The normalized spacial score (nSPS) is 20.5. The van der Waals surface area contributed by atoms with E-state index in [2.05, 4.69) is 24.7 Å². The maximum Gasteiger partial charge on any atom is 0.225 e. The minimum Gasteiger partial charge on any atom is -0.371 e. The van der Waals surface area contributed by atoms with Gasteiger partial charge in [-0.15, -0.1) is 0 Å². The third kappa shape index (κ3) is 4.61. The van der Waals surface area contributed by atoms with E-state index in [0.29, 0.717) is 23.3 Å². The third-order valence-corrected chi connectivity index (χ3v) is 8.49. The Morgan fingerprint density at radius 3 is 2.44 bits per heavy atom. The van der Waals surface area contributed by atoms with Crippen LogP contribution >= 0.6 is 0 Å². The number of benzene rings is 2. The number of carbonyl (C=O) groups is 1. The number of anilines is 1. The Morgan fingerprint density at radius 2 is 1.69 bits per heavy atom. The Kier molecular flexibility index (Phi) is 6.42. The number of nitrogens with zero attached hydrogens (tertiary/aromatic N) is 4. The number of amides is 1. The highest BCUT2D eigenvalue weighted by Gasteiger charge is 2.33. The standard InChI is InChI=1S/C29H36FN5O/c1-20-4-7-26-27(18-20)32-28(31-26)24-19-23(5-6-25(24)30)34-14-8-21(9-15-34)29(36)35-16-10-22(11-17-35)33-12-2-3-13-33/h4-7,18-19,21-22H,2-3,8-17H2,1H3,(H,31,32). The zero-order chi connectivity index (χ0) is 24.6. The van der Waals surface area contributed by atoms with Gasteiger partial charge in [0, 0.05) is 43.8 Å². The molecule has 4 heterocycles. The summed E-state index contributed by atoms with van der Waals surface area (Å²) in [5, 5.41) is 0. The van der Waals surface area contributed by atoms with Crippen LogP contribution < -0.4 is 4.90 Å². The monoisotopic (exact) mass is 489 g/mol. The minimum atomic E-state index is -0.281. The Morgan fingerprint density at radius 1 is 0.944 bits per heavy atom. The number of piperidine rings is 2. The van der Waals surface area contributed by atoms with Gasteiger partial charge in [-0.25, -0.2) is 9.37 Å². The molecule has 6 rings (SSSR count). The molecule has 1 amide bonds. The van der Waals surface area contributed by atoms with Gasteiger partial charge in [-0.3, -0.25) is 4.79 Å². The fraction of sp³-hybridized carbons (Fsp3) is 0.517. The first kappa shape index (κ1) is 23.5. The van der Waals surface area contributed by atoms with Gasteiger partial charge in [-0.1, -0.05) is 6.07 Å². The van der Waals surface area contributed by atoms with Crippen molar-refractivity contribution in [3.05, 3.63) is 47.8 Å². The molecular weight excluding hydrogens is 453 g/mol. The molecule has 190 valence electrons. The summed E-state index contributed by atoms with van der Waals surface area (Å²) in [6.45, 7) is 7.92. The Balaban J connectivity index is 1.08. The Labute approximate surface area is 212 Å². The van der Waals surface area contributed by atoms with Gasteiger partial charge in [0.15, 0.2) is 0 Å². The molecule has 3 aromatic rings. The van der Waals surface area contributed by atoms with Gasteiger partial charge in [0.1, 0.15) is 11.6 Å². The van der Waals surface area contributed by atoms with Crippen LogP contribution in [0.3, 0.4) is 0 Å². The van der Waals surface area contributed by atoms with Crippen LogP contribution in [0.15, 0.2) is 36.4 Å². The number of fused-ring (bicyclic) bond motifs is 1. The van der Waals surface area contributed by atoms with E-state index in [4.69, 9.17) is 0 Å². The Hall–Kier alpha value is -2.93. The number of aromatic nitrogens is 2. The molecule has 0 spiro atoms. The number of aromatic amines is 1. The maximum atomic E-state index is 14.8. The molecule has 0 aliphatic carbocycles. The SMILES string of the molecule is Cc1ccc2[nH]c(-c3cc(N4CCC(C(=O)N5CCC(N6CCCC6)CC5)CC4)ccc3F)nc2c1. The van der Waals surface area contributed by atoms with Crippen LogP contribution in [0.2, 0.25) is 0 Å². The van der Waals surface area contributed by atoms with E-state index in [1.807, 2.05) is 37.3 Å². The van der Waals surface area contributed by atoms with E-state index in [1.165, 1.54) is 32.0 Å². The third-order valence-electron chi connectivity index (χ3n) is 8.49. The van der Waals surface area contributed by atoms with Crippen LogP contribution in [0.1, 0.15) is 44.1 Å². The lowest BCUT2D eigenvalue weighted by molar-refractivity contribution is -0.137. The van der Waals surface area contributed by atoms with Crippen LogP contribution in [0.5, 0.6) is 0 Å². The number of rotatable bonds is 4. The molecule has 2 aromatic carbocycles. The molecule has 1 aromatic heterocycles.